The van der Waals surface area contributed by atoms with Crippen LogP contribution in [0.3, 0.4) is 0 Å². The summed E-state index contributed by atoms with van der Waals surface area (Å²) in [6, 6.07) is 14.1. The predicted octanol–water partition coefficient (Wildman–Crippen LogP) is 2.38. The molecule has 1 heterocycles. The summed E-state index contributed by atoms with van der Waals surface area (Å²) in [4.78, 5) is 38.8. The van der Waals surface area contributed by atoms with Crippen LogP contribution >= 0.6 is 0 Å². The van der Waals surface area contributed by atoms with Gasteiger partial charge < -0.3 is 15.6 Å². The molecule has 0 radical (unpaired) electrons. The number of carbonyl (C=O) groups excluding carboxylic acids is 2. The van der Waals surface area contributed by atoms with Gasteiger partial charge in [0.1, 0.15) is 0 Å². The summed E-state index contributed by atoms with van der Waals surface area (Å²) in [6.45, 7) is 1.74. The molecule has 0 atom stereocenters. The van der Waals surface area contributed by atoms with Gasteiger partial charge in [-0.3, -0.25) is 14.4 Å². The summed E-state index contributed by atoms with van der Waals surface area (Å²) < 4.78 is 0. The van der Waals surface area contributed by atoms with E-state index in [4.69, 9.17) is 0 Å². The Morgan fingerprint density at radius 2 is 1.85 bits per heavy atom. The van der Waals surface area contributed by atoms with E-state index in [0.29, 0.717) is 16.8 Å². The number of aryl methyl sites for hydroxylation is 1. The van der Waals surface area contributed by atoms with E-state index >= 15 is 0 Å². The molecule has 3 N–H and O–H groups in total. The number of amides is 2. The summed E-state index contributed by atoms with van der Waals surface area (Å²) >= 11 is 0. The van der Waals surface area contributed by atoms with Crippen LogP contribution in [0.25, 0.3) is 10.9 Å². The molecule has 0 aliphatic heterocycles. The third-order valence-electron chi connectivity index (χ3n) is 4.13. The smallest absolute Gasteiger partial charge is 0.253 e. The maximum atomic E-state index is 12.4. The highest BCUT2D eigenvalue weighted by Gasteiger charge is 2.12. The van der Waals surface area contributed by atoms with Gasteiger partial charge in [-0.1, -0.05) is 18.2 Å². The standard InChI is InChI=1S/C20H19N3O3/c1-12-9-14-10-13(7-8-16(14)23-19(12)25)11-18(24)22-17-6-4-3-5-15(17)20(26)21-2/h3-10H,11H2,1-2H3,(H,21,26)(H,22,24)(H,23,25). The Morgan fingerprint density at radius 1 is 1.08 bits per heavy atom. The Labute approximate surface area is 150 Å². The van der Waals surface area contributed by atoms with Gasteiger partial charge in [-0.25, -0.2) is 0 Å². The lowest BCUT2D eigenvalue weighted by Crippen LogP contribution is -2.22. The summed E-state index contributed by atoms with van der Waals surface area (Å²) in [5, 5.41) is 6.21. The normalized spacial score (nSPS) is 10.5. The third-order valence-corrected chi connectivity index (χ3v) is 4.13. The van der Waals surface area contributed by atoms with Crippen molar-refractivity contribution in [3.8, 4) is 0 Å². The molecule has 132 valence electrons. The maximum absolute atomic E-state index is 12.4. The lowest BCUT2D eigenvalue weighted by Gasteiger charge is -2.10. The molecule has 6 nitrogen and oxygen atoms in total. The largest absolute Gasteiger partial charge is 0.355 e. The molecule has 26 heavy (non-hydrogen) atoms. The second kappa shape index (κ2) is 7.23. The number of anilines is 1. The van der Waals surface area contributed by atoms with Crippen LogP contribution in [0.5, 0.6) is 0 Å². The number of aromatic nitrogens is 1. The van der Waals surface area contributed by atoms with Crippen molar-refractivity contribution in [1.82, 2.24) is 10.3 Å². The molecule has 1 aromatic heterocycles. The van der Waals surface area contributed by atoms with Crippen LogP contribution in [0.4, 0.5) is 5.69 Å². The number of benzene rings is 2. The Bertz CT molecular complexity index is 1050. The van der Waals surface area contributed by atoms with Crippen LogP contribution in [0.15, 0.2) is 53.3 Å². The van der Waals surface area contributed by atoms with Crippen molar-refractivity contribution >= 4 is 28.4 Å². The molecule has 0 spiro atoms. The molecule has 0 aliphatic rings. The number of pyridine rings is 1. The minimum Gasteiger partial charge on any atom is -0.355 e. The maximum Gasteiger partial charge on any atom is 0.253 e. The second-order valence-electron chi connectivity index (χ2n) is 6.05. The van der Waals surface area contributed by atoms with Crippen molar-refractivity contribution in [3.63, 3.8) is 0 Å². The minimum atomic E-state index is -0.258. The second-order valence-corrected chi connectivity index (χ2v) is 6.05. The number of carbonyl (C=O) groups is 2. The lowest BCUT2D eigenvalue weighted by molar-refractivity contribution is -0.115. The number of H-pyrrole nitrogens is 1. The van der Waals surface area contributed by atoms with Gasteiger partial charge in [0, 0.05) is 18.1 Å². The highest BCUT2D eigenvalue weighted by atomic mass is 16.2. The molecule has 0 aliphatic carbocycles. The monoisotopic (exact) mass is 349 g/mol. The number of aromatic amines is 1. The fraction of sp³-hybridized carbons (Fsp3) is 0.150. The molecule has 0 saturated carbocycles. The van der Waals surface area contributed by atoms with E-state index in [0.717, 1.165) is 16.5 Å². The fourth-order valence-electron chi connectivity index (χ4n) is 2.78. The van der Waals surface area contributed by atoms with Crippen molar-refractivity contribution in [2.24, 2.45) is 0 Å². The van der Waals surface area contributed by atoms with E-state index in [9.17, 15) is 14.4 Å². The number of hydrogen-bond donors (Lipinski definition) is 3. The van der Waals surface area contributed by atoms with E-state index < -0.39 is 0 Å². The van der Waals surface area contributed by atoms with Crippen LogP contribution in [-0.2, 0) is 11.2 Å². The van der Waals surface area contributed by atoms with Gasteiger partial charge in [-0.2, -0.15) is 0 Å². The molecule has 0 bridgehead atoms. The van der Waals surface area contributed by atoms with Gasteiger partial charge in [0.25, 0.3) is 11.5 Å². The van der Waals surface area contributed by atoms with Gasteiger partial charge in [0.2, 0.25) is 5.91 Å². The number of fused-ring (bicyclic) bond motifs is 1. The lowest BCUT2D eigenvalue weighted by atomic mass is 10.1. The van der Waals surface area contributed by atoms with E-state index in [1.165, 1.54) is 0 Å². The highest BCUT2D eigenvalue weighted by Crippen LogP contribution is 2.17. The summed E-state index contributed by atoms with van der Waals surface area (Å²) in [5.41, 5.74) is 2.94. The Balaban J connectivity index is 1.81. The molecule has 6 heteroatoms. The molecule has 3 aromatic rings. The molecule has 0 unspecified atom stereocenters. The Morgan fingerprint density at radius 3 is 2.62 bits per heavy atom. The van der Waals surface area contributed by atoms with Crippen LogP contribution in [0.1, 0.15) is 21.5 Å². The van der Waals surface area contributed by atoms with E-state index in [-0.39, 0.29) is 23.8 Å². The summed E-state index contributed by atoms with van der Waals surface area (Å²) in [7, 11) is 1.54. The van der Waals surface area contributed by atoms with Crippen LogP contribution in [0.2, 0.25) is 0 Å². The molecular formula is C20H19N3O3. The zero-order valence-corrected chi connectivity index (χ0v) is 14.6. The number of rotatable bonds is 4. The van der Waals surface area contributed by atoms with Gasteiger partial charge >= 0.3 is 0 Å². The van der Waals surface area contributed by atoms with E-state index in [1.54, 1.807) is 56.4 Å². The molecule has 0 fully saturated rings. The molecule has 3 rings (SSSR count). The quantitative estimate of drug-likeness (QED) is 0.675. The molecular weight excluding hydrogens is 330 g/mol. The van der Waals surface area contributed by atoms with Gasteiger partial charge in [-0.15, -0.1) is 0 Å². The van der Waals surface area contributed by atoms with Crippen molar-refractivity contribution < 1.29 is 9.59 Å². The minimum absolute atomic E-state index is 0.117. The Kier molecular flexibility index (Phi) is 4.84. The molecule has 2 amide bonds. The number of hydrogen-bond acceptors (Lipinski definition) is 3. The first-order chi connectivity index (χ1) is 12.5. The Hall–Kier alpha value is -3.41. The summed E-state index contributed by atoms with van der Waals surface area (Å²) in [6.07, 6.45) is 0.163. The first-order valence-electron chi connectivity index (χ1n) is 8.21. The first-order valence-corrected chi connectivity index (χ1v) is 8.21. The van der Waals surface area contributed by atoms with Crippen molar-refractivity contribution in [2.75, 3.05) is 12.4 Å². The highest BCUT2D eigenvalue weighted by molar-refractivity contribution is 6.04. The van der Waals surface area contributed by atoms with Crippen LogP contribution in [-0.4, -0.2) is 23.8 Å². The van der Waals surface area contributed by atoms with Gasteiger partial charge in [-0.05, 0) is 48.2 Å². The van der Waals surface area contributed by atoms with Crippen molar-refractivity contribution in [3.05, 3.63) is 75.6 Å². The van der Waals surface area contributed by atoms with Crippen LogP contribution < -0.4 is 16.2 Å². The zero-order valence-electron chi connectivity index (χ0n) is 14.6. The number of nitrogens with one attached hydrogen (secondary N) is 3. The van der Waals surface area contributed by atoms with Crippen molar-refractivity contribution in [2.45, 2.75) is 13.3 Å². The SMILES string of the molecule is CNC(=O)c1ccccc1NC(=O)Cc1ccc2[nH]c(=O)c(C)cc2c1. The first kappa shape index (κ1) is 17.4. The number of para-hydroxylation sites is 1. The average Bonchev–Trinajstić information content (AvgIpc) is 2.62. The molecule has 2 aromatic carbocycles. The summed E-state index contributed by atoms with van der Waals surface area (Å²) in [5.74, 6) is -0.479. The average molecular weight is 349 g/mol. The molecule has 0 saturated heterocycles. The van der Waals surface area contributed by atoms with Gasteiger partial charge in [0.15, 0.2) is 0 Å². The van der Waals surface area contributed by atoms with Gasteiger partial charge in [0.05, 0.1) is 17.7 Å². The topological polar surface area (TPSA) is 91.1 Å². The van der Waals surface area contributed by atoms with Crippen LogP contribution in [0, 0.1) is 6.92 Å². The zero-order chi connectivity index (χ0) is 18.7. The van der Waals surface area contributed by atoms with E-state index in [2.05, 4.69) is 15.6 Å². The fourth-order valence-corrected chi connectivity index (χ4v) is 2.78. The van der Waals surface area contributed by atoms with E-state index in [1.807, 2.05) is 6.07 Å². The predicted molar refractivity (Wildman–Crippen MR) is 101 cm³/mol. The third kappa shape index (κ3) is 3.64. The van der Waals surface area contributed by atoms with Crippen molar-refractivity contribution in [1.29, 1.82) is 0 Å².